The molecular weight excluding hydrogens is 322 g/mol. The molecule has 23 heavy (non-hydrogen) atoms. The minimum atomic E-state index is -0.0171. The lowest BCUT2D eigenvalue weighted by Gasteiger charge is -2.29. The van der Waals surface area contributed by atoms with E-state index in [1.165, 1.54) is 21.2 Å². The molecule has 3 aromatic rings. The molecule has 0 saturated heterocycles. The molecule has 116 valence electrons. The van der Waals surface area contributed by atoms with E-state index in [0.29, 0.717) is 0 Å². The number of nitrogens with two attached hydrogens (primary N) is 1. The Morgan fingerprint density at radius 3 is 2.65 bits per heavy atom. The van der Waals surface area contributed by atoms with Crippen LogP contribution in [-0.4, -0.2) is 12.0 Å². The largest absolute Gasteiger partial charge is 0.343 e. The number of aromatic nitrogens is 1. The third-order valence-electron chi connectivity index (χ3n) is 3.97. The monoisotopic (exact) mass is 339 g/mol. The van der Waals surface area contributed by atoms with Gasteiger partial charge in [0.1, 0.15) is 5.01 Å². The maximum atomic E-state index is 5.93. The van der Waals surface area contributed by atoms with Crippen molar-refractivity contribution in [2.24, 2.45) is 5.73 Å². The Balaban J connectivity index is 1.76. The molecule has 1 aliphatic rings. The lowest BCUT2D eigenvalue weighted by Crippen LogP contribution is -2.14. The van der Waals surface area contributed by atoms with Gasteiger partial charge >= 0.3 is 0 Å². The zero-order valence-electron chi connectivity index (χ0n) is 13.0. The summed E-state index contributed by atoms with van der Waals surface area (Å²) in [6, 6.07) is 15.0. The molecule has 1 aliphatic heterocycles. The normalized spacial score (nSPS) is 14.3. The molecule has 1 aromatic heterocycles. The predicted molar refractivity (Wildman–Crippen MR) is 98.8 cm³/mol. The van der Waals surface area contributed by atoms with E-state index in [-0.39, 0.29) is 6.04 Å². The zero-order chi connectivity index (χ0) is 16.0. The van der Waals surface area contributed by atoms with E-state index < -0.39 is 0 Å². The van der Waals surface area contributed by atoms with Crippen LogP contribution in [0.15, 0.2) is 57.6 Å². The highest BCUT2D eigenvalue weighted by Gasteiger charge is 2.21. The number of hydrogen-bond donors (Lipinski definition) is 1. The van der Waals surface area contributed by atoms with Gasteiger partial charge in [-0.3, -0.25) is 0 Å². The van der Waals surface area contributed by atoms with Crippen LogP contribution in [0.3, 0.4) is 0 Å². The van der Waals surface area contributed by atoms with Gasteiger partial charge in [0.2, 0.25) is 0 Å². The van der Waals surface area contributed by atoms with Crippen molar-refractivity contribution in [1.82, 2.24) is 4.98 Å². The summed E-state index contributed by atoms with van der Waals surface area (Å²) >= 11 is 3.45. The van der Waals surface area contributed by atoms with Crippen LogP contribution in [0.1, 0.15) is 18.0 Å². The van der Waals surface area contributed by atoms with Crippen LogP contribution in [0.2, 0.25) is 0 Å². The molecule has 0 radical (unpaired) electrons. The summed E-state index contributed by atoms with van der Waals surface area (Å²) in [6.45, 7) is 1.97. The molecule has 0 fully saturated rings. The first-order valence-electron chi connectivity index (χ1n) is 7.49. The van der Waals surface area contributed by atoms with Gasteiger partial charge in [-0.2, -0.15) is 0 Å². The highest BCUT2D eigenvalue weighted by molar-refractivity contribution is 7.99. The van der Waals surface area contributed by atoms with Crippen molar-refractivity contribution in [1.29, 1.82) is 0 Å². The van der Waals surface area contributed by atoms with Crippen molar-refractivity contribution in [3.05, 3.63) is 52.9 Å². The van der Waals surface area contributed by atoms with Gasteiger partial charge in [0, 0.05) is 27.8 Å². The molecule has 1 unspecified atom stereocenters. The Labute approximate surface area is 144 Å². The third kappa shape index (κ3) is 2.55. The Morgan fingerprint density at radius 2 is 1.87 bits per heavy atom. The fourth-order valence-corrected chi connectivity index (χ4v) is 4.64. The van der Waals surface area contributed by atoms with Crippen LogP contribution in [-0.2, 0) is 0 Å². The van der Waals surface area contributed by atoms with Crippen molar-refractivity contribution < 1.29 is 0 Å². The van der Waals surface area contributed by atoms with Crippen LogP contribution in [0.4, 0.5) is 11.4 Å². The smallest absolute Gasteiger partial charge is 0.110 e. The molecule has 0 saturated carbocycles. The van der Waals surface area contributed by atoms with Gasteiger partial charge in [-0.1, -0.05) is 30.0 Å². The van der Waals surface area contributed by atoms with E-state index in [1.54, 1.807) is 11.3 Å². The van der Waals surface area contributed by atoms with Crippen molar-refractivity contribution in [2.45, 2.75) is 22.8 Å². The average molecular weight is 339 g/mol. The van der Waals surface area contributed by atoms with Crippen LogP contribution in [0, 0.1) is 0 Å². The Bertz CT molecular complexity index is 870. The Morgan fingerprint density at radius 1 is 1.09 bits per heavy atom. The molecule has 2 N–H and O–H groups in total. The van der Waals surface area contributed by atoms with Gasteiger partial charge in [-0.05, 0) is 31.2 Å². The fourth-order valence-electron chi connectivity index (χ4n) is 2.72. The highest BCUT2D eigenvalue weighted by atomic mass is 32.2. The summed E-state index contributed by atoms with van der Waals surface area (Å²) in [4.78, 5) is 9.49. The maximum absolute atomic E-state index is 5.93. The van der Waals surface area contributed by atoms with Crippen LogP contribution in [0.5, 0.6) is 0 Å². The molecule has 0 spiro atoms. The molecule has 0 bridgehead atoms. The first kappa shape index (κ1) is 14.8. The van der Waals surface area contributed by atoms with Gasteiger partial charge < -0.3 is 10.6 Å². The number of anilines is 2. The second-order valence-corrected chi connectivity index (χ2v) is 7.64. The zero-order valence-corrected chi connectivity index (χ0v) is 14.6. The van der Waals surface area contributed by atoms with Gasteiger partial charge in [0.15, 0.2) is 0 Å². The molecule has 2 heterocycles. The summed E-state index contributed by atoms with van der Waals surface area (Å²) in [7, 11) is 2.12. The number of rotatable bonds is 2. The molecule has 2 aromatic carbocycles. The highest BCUT2D eigenvalue weighted by Crippen LogP contribution is 2.48. The van der Waals surface area contributed by atoms with E-state index in [9.17, 15) is 0 Å². The first-order chi connectivity index (χ1) is 11.1. The summed E-state index contributed by atoms with van der Waals surface area (Å²) < 4.78 is 0. The maximum Gasteiger partial charge on any atom is 0.110 e. The number of benzene rings is 2. The topological polar surface area (TPSA) is 42.1 Å². The van der Waals surface area contributed by atoms with Gasteiger partial charge in [-0.15, -0.1) is 11.3 Å². The Kier molecular flexibility index (Phi) is 3.64. The fraction of sp³-hybridized carbons (Fsp3) is 0.167. The van der Waals surface area contributed by atoms with Crippen molar-refractivity contribution in [2.75, 3.05) is 11.9 Å². The van der Waals surface area contributed by atoms with Crippen molar-refractivity contribution >= 4 is 34.5 Å². The molecule has 5 heteroatoms. The van der Waals surface area contributed by atoms with Crippen LogP contribution in [0.25, 0.3) is 11.3 Å². The van der Waals surface area contributed by atoms with E-state index in [0.717, 1.165) is 16.3 Å². The minimum Gasteiger partial charge on any atom is -0.343 e. The van der Waals surface area contributed by atoms with E-state index in [4.69, 9.17) is 5.73 Å². The average Bonchev–Trinajstić information content (AvgIpc) is 3.05. The molecule has 4 rings (SSSR count). The second-order valence-electron chi connectivity index (χ2n) is 5.67. The molecule has 1 atom stereocenters. The predicted octanol–water partition coefficient (Wildman–Crippen LogP) is 5.06. The van der Waals surface area contributed by atoms with Gasteiger partial charge in [-0.25, -0.2) is 4.98 Å². The van der Waals surface area contributed by atoms with Crippen molar-refractivity contribution in [3.63, 3.8) is 0 Å². The first-order valence-corrected chi connectivity index (χ1v) is 9.19. The number of hydrogen-bond acceptors (Lipinski definition) is 5. The van der Waals surface area contributed by atoms with Gasteiger partial charge in [0.25, 0.3) is 0 Å². The standard InChI is InChI=1S/C18H17N3S2/c1-11(19)18-20-13(10-22-18)12-7-8-17-15(9-12)21(2)14-5-3-4-6-16(14)23-17/h3-11H,19H2,1-2H3. The van der Waals surface area contributed by atoms with Crippen LogP contribution < -0.4 is 10.6 Å². The Hall–Kier alpha value is -1.82. The van der Waals surface area contributed by atoms with E-state index in [2.05, 4.69) is 64.8 Å². The molecule has 0 aliphatic carbocycles. The lowest BCUT2D eigenvalue weighted by molar-refractivity contribution is 0.808. The number of para-hydroxylation sites is 1. The summed E-state index contributed by atoms with van der Waals surface area (Å²) in [5.74, 6) is 0. The number of nitrogens with zero attached hydrogens (tertiary/aromatic N) is 2. The molecular formula is C18H17N3S2. The van der Waals surface area contributed by atoms with E-state index >= 15 is 0 Å². The molecule has 3 nitrogen and oxygen atoms in total. The summed E-state index contributed by atoms with van der Waals surface area (Å²) in [5.41, 5.74) is 10.5. The van der Waals surface area contributed by atoms with Crippen molar-refractivity contribution in [3.8, 4) is 11.3 Å². The third-order valence-corrected chi connectivity index (χ3v) is 6.15. The van der Waals surface area contributed by atoms with Crippen LogP contribution >= 0.6 is 23.1 Å². The summed E-state index contributed by atoms with van der Waals surface area (Å²) in [6.07, 6.45) is 0. The van der Waals surface area contributed by atoms with E-state index in [1.807, 2.05) is 18.7 Å². The lowest BCUT2D eigenvalue weighted by atomic mass is 10.1. The second kappa shape index (κ2) is 5.67. The number of fused-ring (bicyclic) bond motifs is 2. The quantitative estimate of drug-likeness (QED) is 0.708. The molecule has 0 amide bonds. The van der Waals surface area contributed by atoms with Gasteiger partial charge in [0.05, 0.1) is 23.1 Å². The minimum absolute atomic E-state index is 0.0171. The summed E-state index contributed by atoms with van der Waals surface area (Å²) in [5, 5.41) is 3.07. The SMILES string of the molecule is CC(N)c1nc(-c2ccc3c(c2)N(C)c2ccccc2S3)cs1. The number of thiazole rings is 1.